The molecule has 6 nitrogen and oxygen atoms in total. The minimum atomic E-state index is -0.0483. The van der Waals surface area contributed by atoms with Gasteiger partial charge in [-0.1, -0.05) is 57.5 Å². The number of rotatable bonds is 9. The molecular formula is C24H33N3O3S3. The monoisotopic (exact) mass is 507 g/mol. The Labute approximate surface area is 211 Å². The summed E-state index contributed by atoms with van der Waals surface area (Å²) in [6.07, 6.45) is 6.20. The summed E-state index contributed by atoms with van der Waals surface area (Å²) < 4.78 is 16.4. The Hall–Kier alpha value is -1.97. The van der Waals surface area contributed by atoms with Crippen molar-refractivity contribution in [3.8, 4) is 17.2 Å². The normalized spacial score (nSPS) is 15.1. The molecule has 1 aliphatic carbocycles. The van der Waals surface area contributed by atoms with Crippen LogP contribution in [0.4, 0.5) is 0 Å². The van der Waals surface area contributed by atoms with Crippen LogP contribution < -0.4 is 24.8 Å². The average molecular weight is 508 g/mol. The molecule has 0 saturated heterocycles. The van der Waals surface area contributed by atoms with E-state index in [4.69, 9.17) is 43.6 Å². The Bertz CT molecular complexity index is 946. The van der Waals surface area contributed by atoms with E-state index in [9.17, 15) is 0 Å². The molecule has 180 valence electrons. The second-order valence-corrected chi connectivity index (χ2v) is 10.2. The summed E-state index contributed by atoms with van der Waals surface area (Å²) >= 11 is 13.0. The number of thiocarbonyl (C=S) groups is 2. The second-order valence-electron chi connectivity index (χ2n) is 8.49. The van der Waals surface area contributed by atoms with Gasteiger partial charge in [-0.3, -0.25) is 0 Å². The Kier molecular flexibility index (Phi) is 9.28. The highest BCUT2D eigenvalue weighted by Gasteiger charge is 2.24. The molecular weight excluding hydrogens is 474 g/mol. The predicted molar refractivity (Wildman–Crippen MR) is 142 cm³/mol. The molecule has 9 heteroatoms. The van der Waals surface area contributed by atoms with E-state index in [1.165, 1.54) is 32.1 Å². The van der Waals surface area contributed by atoms with Crippen LogP contribution in [0.15, 0.2) is 17.5 Å². The molecule has 1 aliphatic rings. The molecule has 1 heterocycles. The van der Waals surface area contributed by atoms with Crippen LogP contribution in [0.25, 0.3) is 0 Å². The summed E-state index contributed by atoms with van der Waals surface area (Å²) in [6, 6.07) is 4.12. The van der Waals surface area contributed by atoms with Gasteiger partial charge in [0.1, 0.15) is 20.7 Å². The Morgan fingerprint density at radius 2 is 1.64 bits per heavy atom. The molecule has 1 aromatic carbocycles. The summed E-state index contributed by atoms with van der Waals surface area (Å²) in [5.41, 5.74) is 1.62. The fourth-order valence-corrected chi connectivity index (χ4v) is 5.61. The minimum Gasteiger partial charge on any atom is -0.493 e. The van der Waals surface area contributed by atoms with E-state index in [1.54, 1.807) is 32.7 Å². The summed E-state index contributed by atoms with van der Waals surface area (Å²) in [4.78, 5) is 6.19. The van der Waals surface area contributed by atoms with Crippen molar-refractivity contribution in [3.63, 3.8) is 0 Å². The highest BCUT2D eigenvalue weighted by Crippen LogP contribution is 2.38. The number of aromatic nitrogens is 1. The van der Waals surface area contributed by atoms with Crippen LogP contribution in [-0.2, 0) is 0 Å². The molecule has 33 heavy (non-hydrogen) atoms. The molecule has 1 aromatic heterocycles. The van der Waals surface area contributed by atoms with Gasteiger partial charge in [0.15, 0.2) is 11.5 Å². The van der Waals surface area contributed by atoms with Gasteiger partial charge in [0.05, 0.1) is 27.4 Å². The van der Waals surface area contributed by atoms with Crippen molar-refractivity contribution in [2.45, 2.75) is 58.0 Å². The third-order valence-electron chi connectivity index (χ3n) is 5.84. The molecule has 3 rings (SSSR count). The molecule has 0 aliphatic heterocycles. The Balaban J connectivity index is 1.76. The highest BCUT2D eigenvalue weighted by molar-refractivity contribution is 7.81. The Morgan fingerprint density at radius 3 is 2.18 bits per heavy atom. The van der Waals surface area contributed by atoms with Gasteiger partial charge in [-0.2, -0.15) is 0 Å². The molecule has 1 saturated carbocycles. The summed E-state index contributed by atoms with van der Waals surface area (Å²) in [5.74, 6) is 1.93. The SMILES string of the molecule is COc1cc(C(=S)NC(c2nc(C(=S)NC3CCCCC3)cs2)C(C)C)cc(OC)c1OC. The molecule has 0 bridgehead atoms. The van der Waals surface area contributed by atoms with Crippen molar-refractivity contribution in [3.05, 3.63) is 33.8 Å². The molecule has 1 atom stereocenters. The summed E-state index contributed by atoms with van der Waals surface area (Å²) in [6.45, 7) is 4.30. The van der Waals surface area contributed by atoms with Gasteiger partial charge in [0.25, 0.3) is 0 Å². The van der Waals surface area contributed by atoms with Crippen LogP contribution in [0, 0.1) is 5.92 Å². The first-order chi connectivity index (χ1) is 15.9. The standard InChI is InChI=1S/C24H33N3O3S3/c1-14(2)20(24-26-17(13-33-24)23(32)25-16-9-7-6-8-10-16)27-22(31)15-11-18(28-3)21(30-5)19(12-15)29-4/h11-14,16,20H,6-10H2,1-5H3,(H,25,32)(H,27,31). The number of nitrogens with one attached hydrogen (secondary N) is 2. The third kappa shape index (κ3) is 6.33. The van der Waals surface area contributed by atoms with Gasteiger partial charge in [-0.05, 0) is 30.9 Å². The van der Waals surface area contributed by atoms with Gasteiger partial charge in [0, 0.05) is 17.0 Å². The molecule has 1 unspecified atom stereocenters. The van der Waals surface area contributed by atoms with E-state index in [2.05, 4.69) is 24.5 Å². The molecule has 2 N–H and O–H groups in total. The quantitative estimate of drug-likeness (QED) is 0.436. The first-order valence-electron chi connectivity index (χ1n) is 11.2. The van der Waals surface area contributed by atoms with Gasteiger partial charge in [-0.25, -0.2) is 4.98 Å². The maximum Gasteiger partial charge on any atom is 0.203 e. The van der Waals surface area contributed by atoms with Crippen molar-refractivity contribution in [1.82, 2.24) is 15.6 Å². The van der Waals surface area contributed by atoms with Crippen LogP contribution in [0.5, 0.6) is 17.2 Å². The lowest BCUT2D eigenvalue weighted by atomic mass is 9.95. The van der Waals surface area contributed by atoms with Crippen molar-refractivity contribution in [2.24, 2.45) is 5.92 Å². The van der Waals surface area contributed by atoms with Crippen LogP contribution in [-0.4, -0.2) is 42.3 Å². The van der Waals surface area contributed by atoms with E-state index in [0.717, 1.165) is 21.3 Å². The lowest BCUT2D eigenvalue weighted by Gasteiger charge is -2.24. The van der Waals surface area contributed by atoms with E-state index in [-0.39, 0.29) is 12.0 Å². The van der Waals surface area contributed by atoms with E-state index in [0.29, 0.717) is 28.3 Å². The largest absolute Gasteiger partial charge is 0.493 e. The van der Waals surface area contributed by atoms with Gasteiger partial charge in [0.2, 0.25) is 5.75 Å². The molecule has 0 amide bonds. The first kappa shape index (κ1) is 25.6. The van der Waals surface area contributed by atoms with Crippen LogP contribution in [0.2, 0.25) is 0 Å². The smallest absolute Gasteiger partial charge is 0.203 e. The number of thiazole rings is 1. The van der Waals surface area contributed by atoms with E-state index in [1.807, 2.05) is 17.5 Å². The topological polar surface area (TPSA) is 64.6 Å². The number of benzene rings is 1. The van der Waals surface area contributed by atoms with Crippen molar-refractivity contribution in [1.29, 1.82) is 0 Å². The minimum absolute atomic E-state index is 0.0483. The maximum absolute atomic E-state index is 5.75. The van der Waals surface area contributed by atoms with Gasteiger partial charge in [-0.15, -0.1) is 11.3 Å². The number of methoxy groups -OCH3 is 3. The van der Waals surface area contributed by atoms with Crippen LogP contribution in [0.1, 0.15) is 68.3 Å². The average Bonchev–Trinajstić information content (AvgIpc) is 3.31. The van der Waals surface area contributed by atoms with Crippen molar-refractivity contribution in [2.75, 3.05) is 21.3 Å². The number of nitrogens with zero attached hydrogens (tertiary/aromatic N) is 1. The lowest BCUT2D eigenvalue weighted by Crippen LogP contribution is -2.36. The summed E-state index contributed by atoms with van der Waals surface area (Å²) in [7, 11) is 4.77. The predicted octanol–water partition coefficient (Wildman–Crippen LogP) is 5.43. The van der Waals surface area contributed by atoms with Crippen molar-refractivity contribution >= 4 is 45.7 Å². The molecule has 0 spiro atoms. The molecule has 0 radical (unpaired) electrons. The number of ether oxygens (including phenoxy) is 3. The molecule has 1 fully saturated rings. The fraction of sp³-hybridized carbons (Fsp3) is 0.542. The van der Waals surface area contributed by atoms with E-state index >= 15 is 0 Å². The summed E-state index contributed by atoms with van der Waals surface area (Å²) in [5, 5.41) is 9.99. The zero-order valence-electron chi connectivity index (χ0n) is 19.9. The van der Waals surface area contributed by atoms with Gasteiger partial charge >= 0.3 is 0 Å². The highest BCUT2D eigenvalue weighted by atomic mass is 32.1. The van der Waals surface area contributed by atoms with Crippen molar-refractivity contribution < 1.29 is 14.2 Å². The first-order valence-corrected chi connectivity index (χ1v) is 12.9. The number of hydrogen-bond donors (Lipinski definition) is 2. The van der Waals surface area contributed by atoms with Crippen LogP contribution >= 0.6 is 35.8 Å². The van der Waals surface area contributed by atoms with E-state index < -0.39 is 0 Å². The Morgan fingerprint density at radius 1 is 1.00 bits per heavy atom. The third-order valence-corrected chi connectivity index (χ3v) is 7.45. The van der Waals surface area contributed by atoms with Gasteiger partial charge < -0.3 is 24.8 Å². The maximum atomic E-state index is 5.75. The second kappa shape index (κ2) is 11.9. The molecule has 2 aromatic rings. The number of hydrogen-bond acceptors (Lipinski definition) is 7. The van der Waals surface area contributed by atoms with Crippen LogP contribution in [0.3, 0.4) is 0 Å². The zero-order chi connectivity index (χ0) is 24.0. The lowest BCUT2D eigenvalue weighted by molar-refractivity contribution is 0.324. The zero-order valence-corrected chi connectivity index (χ0v) is 22.3. The fourth-order valence-electron chi connectivity index (χ4n) is 3.99.